The molecule has 0 bridgehead atoms. The van der Waals surface area contributed by atoms with Gasteiger partial charge in [0.2, 0.25) is 5.88 Å². The lowest BCUT2D eigenvalue weighted by Crippen LogP contribution is -1.93. The van der Waals surface area contributed by atoms with E-state index in [2.05, 4.69) is 44.1 Å². The van der Waals surface area contributed by atoms with Crippen molar-refractivity contribution in [2.45, 2.75) is 52.9 Å². The quantitative estimate of drug-likeness (QED) is 0.778. The lowest BCUT2D eigenvalue weighted by Gasteiger charge is -2.06. The fraction of sp³-hybridized carbons (Fsp3) is 0.471. The first kappa shape index (κ1) is 14.6. The molecule has 0 saturated heterocycles. The van der Waals surface area contributed by atoms with Crippen molar-refractivity contribution in [3.05, 3.63) is 35.0 Å². The lowest BCUT2D eigenvalue weighted by atomic mass is 9.98. The van der Waals surface area contributed by atoms with Gasteiger partial charge in [0.25, 0.3) is 0 Å². The number of rotatable bonds is 6. The number of hydrogen-bond donors (Lipinski definition) is 1. The van der Waals surface area contributed by atoms with E-state index in [0.29, 0.717) is 5.88 Å². The van der Waals surface area contributed by atoms with Crippen LogP contribution < -0.4 is 5.73 Å². The van der Waals surface area contributed by atoms with Crippen molar-refractivity contribution in [2.75, 3.05) is 5.73 Å². The van der Waals surface area contributed by atoms with Crippen molar-refractivity contribution >= 4 is 5.88 Å². The molecule has 0 fully saturated rings. The van der Waals surface area contributed by atoms with Crippen LogP contribution in [0.25, 0.3) is 11.1 Å². The first-order chi connectivity index (χ1) is 9.63. The highest BCUT2D eigenvalue weighted by Crippen LogP contribution is 2.31. The molecule has 2 aromatic rings. The first-order valence-corrected chi connectivity index (χ1v) is 7.45. The number of unbranched alkanes of at least 4 members (excludes halogenated alkanes) is 3. The third-order valence-corrected chi connectivity index (χ3v) is 3.85. The van der Waals surface area contributed by atoms with Crippen molar-refractivity contribution in [1.82, 2.24) is 5.16 Å². The molecular formula is C17H24N2O. The van der Waals surface area contributed by atoms with Gasteiger partial charge in [-0.1, -0.05) is 49.5 Å². The van der Waals surface area contributed by atoms with Gasteiger partial charge < -0.3 is 10.3 Å². The van der Waals surface area contributed by atoms with Gasteiger partial charge in [0.1, 0.15) is 0 Å². The van der Waals surface area contributed by atoms with Gasteiger partial charge in [-0.2, -0.15) is 0 Å². The van der Waals surface area contributed by atoms with Crippen molar-refractivity contribution in [3.63, 3.8) is 0 Å². The topological polar surface area (TPSA) is 52.0 Å². The van der Waals surface area contributed by atoms with E-state index in [1.165, 1.54) is 30.4 Å². The number of hydrogen-bond acceptors (Lipinski definition) is 3. The van der Waals surface area contributed by atoms with Gasteiger partial charge in [-0.3, -0.25) is 0 Å². The van der Waals surface area contributed by atoms with E-state index in [1.54, 1.807) is 0 Å². The number of nitrogen functional groups attached to an aromatic ring is 1. The second-order valence-electron chi connectivity index (χ2n) is 5.48. The third-order valence-electron chi connectivity index (χ3n) is 3.85. The van der Waals surface area contributed by atoms with Crippen LogP contribution in [0.3, 0.4) is 0 Å². The molecule has 0 unspecified atom stereocenters. The zero-order chi connectivity index (χ0) is 14.5. The highest BCUT2D eigenvalue weighted by Gasteiger charge is 2.15. The second-order valence-corrected chi connectivity index (χ2v) is 5.48. The standard InChI is InChI=1S/C17H24N2O/c1-4-5-6-7-8-15-16(17(18)20-19-15)14-10-9-12(2)13(3)11-14/h9-11H,4-8,18H2,1-3H3. The minimum absolute atomic E-state index is 0.429. The van der Waals surface area contributed by atoms with E-state index in [9.17, 15) is 0 Å². The van der Waals surface area contributed by atoms with Gasteiger partial charge in [0, 0.05) is 0 Å². The molecule has 1 aromatic carbocycles. The molecule has 0 saturated carbocycles. The Labute approximate surface area is 121 Å². The van der Waals surface area contributed by atoms with Crippen molar-refractivity contribution < 1.29 is 4.52 Å². The zero-order valence-electron chi connectivity index (χ0n) is 12.7. The number of anilines is 1. The number of aromatic nitrogens is 1. The van der Waals surface area contributed by atoms with Gasteiger partial charge in [-0.25, -0.2) is 0 Å². The Hall–Kier alpha value is -1.77. The fourth-order valence-corrected chi connectivity index (χ4v) is 2.43. The van der Waals surface area contributed by atoms with Crippen LogP contribution in [-0.2, 0) is 6.42 Å². The average Bonchev–Trinajstić information content (AvgIpc) is 2.79. The molecule has 0 amide bonds. The summed E-state index contributed by atoms with van der Waals surface area (Å²) in [6, 6.07) is 6.38. The van der Waals surface area contributed by atoms with Crippen LogP contribution in [0.15, 0.2) is 22.7 Å². The van der Waals surface area contributed by atoms with E-state index in [0.717, 1.165) is 29.7 Å². The Morgan fingerprint density at radius 1 is 1.10 bits per heavy atom. The van der Waals surface area contributed by atoms with E-state index < -0.39 is 0 Å². The average molecular weight is 272 g/mol. The predicted molar refractivity (Wildman–Crippen MR) is 83.7 cm³/mol. The summed E-state index contributed by atoms with van der Waals surface area (Å²) in [5, 5.41) is 4.14. The van der Waals surface area contributed by atoms with Gasteiger partial charge in [-0.15, -0.1) is 0 Å². The molecule has 0 aliphatic carbocycles. The van der Waals surface area contributed by atoms with E-state index in [4.69, 9.17) is 10.3 Å². The van der Waals surface area contributed by atoms with Crippen LogP contribution >= 0.6 is 0 Å². The molecule has 0 spiro atoms. The molecule has 3 heteroatoms. The van der Waals surface area contributed by atoms with Crippen LogP contribution in [-0.4, -0.2) is 5.16 Å². The smallest absolute Gasteiger partial charge is 0.230 e. The minimum Gasteiger partial charge on any atom is -0.367 e. The van der Waals surface area contributed by atoms with Crippen LogP contribution in [0.4, 0.5) is 5.88 Å². The van der Waals surface area contributed by atoms with Crippen LogP contribution in [0.5, 0.6) is 0 Å². The molecule has 20 heavy (non-hydrogen) atoms. The van der Waals surface area contributed by atoms with E-state index in [-0.39, 0.29) is 0 Å². The monoisotopic (exact) mass is 272 g/mol. The molecule has 1 heterocycles. The summed E-state index contributed by atoms with van der Waals surface area (Å²) >= 11 is 0. The highest BCUT2D eigenvalue weighted by atomic mass is 16.5. The Morgan fingerprint density at radius 3 is 2.60 bits per heavy atom. The number of nitrogens with zero attached hydrogens (tertiary/aromatic N) is 1. The highest BCUT2D eigenvalue weighted by molar-refractivity contribution is 5.75. The van der Waals surface area contributed by atoms with Gasteiger partial charge >= 0.3 is 0 Å². The summed E-state index contributed by atoms with van der Waals surface area (Å²) in [6.45, 7) is 6.44. The SMILES string of the molecule is CCCCCCc1noc(N)c1-c1ccc(C)c(C)c1. The molecule has 0 atom stereocenters. The van der Waals surface area contributed by atoms with Crippen LogP contribution in [0.1, 0.15) is 49.4 Å². The normalized spacial score (nSPS) is 10.9. The van der Waals surface area contributed by atoms with Crippen molar-refractivity contribution in [3.8, 4) is 11.1 Å². The third kappa shape index (κ3) is 3.21. The lowest BCUT2D eigenvalue weighted by molar-refractivity contribution is 0.426. The van der Waals surface area contributed by atoms with Crippen molar-refractivity contribution in [1.29, 1.82) is 0 Å². The summed E-state index contributed by atoms with van der Waals surface area (Å²) in [7, 11) is 0. The molecule has 2 N–H and O–H groups in total. The Bertz CT molecular complexity index is 572. The van der Waals surface area contributed by atoms with Gasteiger partial charge in [0.05, 0.1) is 11.3 Å². The van der Waals surface area contributed by atoms with Crippen molar-refractivity contribution in [2.24, 2.45) is 0 Å². The number of nitrogens with two attached hydrogens (primary N) is 1. The molecule has 0 aliphatic rings. The predicted octanol–water partition coefficient (Wildman–Crippen LogP) is 4.66. The Morgan fingerprint density at radius 2 is 1.90 bits per heavy atom. The van der Waals surface area contributed by atoms with Crippen LogP contribution in [0, 0.1) is 13.8 Å². The van der Waals surface area contributed by atoms with Gasteiger partial charge in [0.15, 0.2) is 0 Å². The zero-order valence-corrected chi connectivity index (χ0v) is 12.7. The maximum Gasteiger partial charge on any atom is 0.230 e. The van der Waals surface area contributed by atoms with E-state index in [1.807, 2.05) is 0 Å². The largest absolute Gasteiger partial charge is 0.367 e. The van der Waals surface area contributed by atoms with E-state index >= 15 is 0 Å². The molecule has 0 aliphatic heterocycles. The maximum absolute atomic E-state index is 5.96. The molecule has 3 nitrogen and oxygen atoms in total. The van der Waals surface area contributed by atoms with Gasteiger partial charge in [-0.05, 0) is 43.4 Å². The maximum atomic E-state index is 5.96. The summed E-state index contributed by atoms with van der Waals surface area (Å²) in [5.41, 5.74) is 11.6. The molecule has 2 rings (SSSR count). The number of benzene rings is 1. The summed E-state index contributed by atoms with van der Waals surface area (Å²) in [4.78, 5) is 0. The molecule has 0 radical (unpaired) electrons. The minimum atomic E-state index is 0.429. The van der Waals surface area contributed by atoms with Crippen LogP contribution in [0.2, 0.25) is 0 Å². The second kappa shape index (κ2) is 6.60. The number of aryl methyl sites for hydroxylation is 3. The molecule has 108 valence electrons. The molecular weight excluding hydrogens is 248 g/mol. The summed E-state index contributed by atoms with van der Waals surface area (Å²) in [5.74, 6) is 0.429. The fourth-order valence-electron chi connectivity index (χ4n) is 2.43. The Kier molecular flexibility index (Phi) is 4.83. The summed E-state index contributed by atoms with van der Waals surface area (Å²) < 4.78 is 5.20. The summed E-state index contributed by atoms with van der Waals surface area (Å²) in [6.07, 6.45) is 5.81. The Balaban J connectivity index is 2.22. The molecule has 1 aromatic heterocycles. The first-order valence-electron chi connectivity index (χ1n) is 7.45.